The number of rotatable bonds is 1. The summed E-state index contributed by atoms with van der Waals surface area (Å²) in [4.78, 5) is 13.9. The Kier molecular flexibility index (Phi) is 4.11. The minimum atomic E-state index is -0.400. The second-order valence-electron chi connectivity index (χ2n) is 6.64. The standard InChI is InChI=1S/C14H27NO2/c1-7-14(6)8-9-15(11(2)10-14)12(16)17-13(3,4)5/h11H,7-10H2,1-6H3. The Bertz CT molecular complexity index is 282. The molecule has 1 fully saturated rings. The van der Waals surface area contributed by atoms with Gasteiger partial charge in [-0.15, -0.1) is 0 Å². The lowest BCUT2D eigenvalue weighted by atomic mass is 9.75. The maximum absolute atomic E-state index is 12.0. The molecule has 0 aromatic carbocycles. The highest BCUT2D eigenvalue weighted by atomic mass is 16.6. The largest absolute Gasteiger partial charge is 0.444 e. The van der Waals surface area contributed by atoms with E-state index in [0.29, 0.717) is 5.41 Å². The third kappa shape index (κ3) is 3.90. The smallest absolute Gasteiger partial charge is 0.410 e. The van der Waals surface area contributed by atoms with E-state index in [9.17, 15) is 4.79 Å². The summed E-state index contributed by atoms with van der Waals surface area (Å²) in [5.41, 5.74) is -0.0137. The summed E-state index contributed by atoms with van der Waals surface area (Å²) < 4.78 is 5.44. The maximum Gasteiger partial charge on any atom is 0.410 e. The molecule has 0 spiro atoms. The zero-order chi connectivity index (χ0) is 13.3. The van der Waals surface area contributed by atoms with Crippen molar-refractivity contribution < 1.29 is 9.53 Å². The molecule has 1 rings (SSSR count). The third-order valence-corrected chi connectivity index (χ3v) is 3.76. The van der Waals surface area contributed by atoms with Crippen LogP contribution in [0.15, 0.2) is 0 Å². The van der Waals surface area contributed by atoms with E-state index in [1.165, 1.54) is 6.42 Å². The van der Waals surface area contributed by atoms with Crippen LogP contribution in [-0.2, 0) is 4.74 Å². The molecule has 0 radical (unpaired) electrons. The number of amides is 1. The van der Waals surface area contributed by atoms with Crippen molar-refractivity contribution in [3.63, 3.8) is 0 Å². The molecular weight excluding hydrogens is 214 g/mol. The lowest BCUT2D eigenvalue weighted by molar-refractivity contribution is -0.00314. The number of carbonyl (C=O) groups is 1. The van der Waals surface area contributed by atoms with Crippen molar-refractivity contribution in [1.82, 2.24) is 4.90 Å². The van der Waals surface area contributed by atoms with Gasteiger partial charge in [0.1, 0.15) is 5.60 Å². The minimum Gasteiger partial charge on any atom is -0.444 e. The average Bonchev–Trinajstić information content (AvgIpc) is 2.14. The summed E-state index contributed by atoms with van der Waals surface area (Å²) in [6, 6.07) is 0.281. The first-order valence-electron chi connectivity index (χ1n) is 6.66. The number of carbonyl (C=O) groups excluding carboxylic acids is 1. The van der Waals surface area contributed by atoms with Crippen molar-refractivity contribution in [2.24, 2.45) is 5.41 Å². The molecule has 1 saturated heterocycles. The summed E-state index contributed by atoms with van der Waals surface area (Å²) in [5.74, 6) is 0. The van der Waals surface area contributed by atoms with Gasteiger partial charge < -0.3 is 9.64 Å². The van der Waals surface area contributed by atoms with Crippen LogP contribution in [-0.4, -0.2) is 29.2 Å². The van der Waals surface area contributed by atoms with E-state index in [0.717, 1.165) is 19.4 Å². The van der Waals surface area contributed by atoms with Crippen molar-refractivity contribution in [2.45, 2.75) is 72.4 Å². The van der Waals surface area contributed by atoms with Gasteiger partial charge in [0.15, 0.2) is 0 Å². The van der Waals surface area contributed by atoms with Gasteiger partial charge in [-0.3, -0.25) is 0 Å². The molecule has 2 unspecified atom stereocenters. The van der Waals surface area contributed by atoms with E-state index in [1.54, 1.807) is 0 Å². The first-order valence-corrected chi connectivity index (χ1v) is 6.66. The van der Waals surface area contributed by atoms with Crippen molar-refractivity contribution in [3.05, 3.63) is 0 Å². The predicted octanol–water partition coefficient (Wildman–Crippen LogP) is 3.82. The van der Waals surface area contributed by atoms with E-state index in [2.05, 4.69) is 20.8 Å². The highest BCUT2D eigenvalue weighted by Crippen LogP contribution is 2.37. The van der Waals surface area contributed by atoms with Gasteiger partial charge in [-0.05, 0) is 46.0 Å². The minimum absolute atomic E-state index is 0.164. The van der Waals surface area contributed by atoms with Crippen molar-refractivity contribution in [3.8, 4) is 0 Å². The highest BCUT2D eigenvalue weighted by molar-refractivity contribution is 5.68. The van der Waals surface area contributed by atoms with E-state index in [1.807, 2.05) is 25.7 Å². The van der Waals surface area contributed by atoms with Gasteiger partial charge in [-0.1, -0.05) is 20.3 Å². The Morgan fingerprint density at radius 1 is 1.47 bits per heavy atom. The second kappa shape index (κ2) is 4.87. The highest BCUT2D eigenvalue weighted by Gasteiger charge is 2.36. The van der Waals surface area contributed by atoms with Gasteiger partial charge in [0, 0.05) is 12.6 Å². The summed E-state index contributed by atoms with van der Waals surface area (Å²) in [6.07, 6.45) is 3.16. The molecule has 1 amide bonds. The number of likely N-dealkylation sites (tertiary alicyclic amines) is 1. The zero-order valence-electron chi connectivity index (χ0n) is 12.2. The van der Waals surface area contributed by atoms with Crippen molar-refractivity contribution in [1.29, 1.82) is 0 Å². The van der Waals surface area contributed by atoms with Crippen LogP contribution in [0.4, 0.5) is 4.79 Å². The SMILES string of the molecule is CCC1(C)CCN(C(=O)OC(C)(C)C)C(C)C1. The summed E-state index contributed by atoms with van der Waals surface area (Å²) >= 11 is 0. The Hall–Kier alpha value is -0.730. The van der Waals surface area contributed by atoms with Gasteiger partial charge in [0.05, 0.1) is 0 Å². The Labute approximate surface area is 106 Å². The van der Waals surface area contributed by atoms with Crippen LogP contribution in [0.5, 0.6) is 0 Å². The van der Waals surface area contributed by atoms with E-state index < -0.39 is 5.60 Å². The molecule has 2 atom stereocenters. The molecule has 3 heteroatoms. The normalized spacial score (nSPS) is 30.2. The number of piperidine rings is 1. The number of hydrogen-bond donors (Lipinski definition) is 0. The molecule has 0 aliphatic carbocycles. The number of hydrogen-bond acceptors (Lipinski definition) is 2. The number of nitrogens with zero attached hydrogens (tertiary/aromatic N) is 1. The van der Waals surface area contributed by atoms with Crippen LogP contribution in [0.2, 0.25) is 0 Å². The van der Waals surface area contributed by atoms with Crippen LogP contribution in [0, 0.1) is 5.41 Å². The van der Waals surface area contributed by atoms with Gasteiger partial charge in [-0.25, -0.2) is 4.79 Å². The Balaban J connectivity index is 2.61. The van der Waals surface area contributed by atoms with Crippen LogP contribution in [0.25, 0.3) is 0 Å². The predicted molar refractivity (Wildman–Crippen MR) is 70.0 cm³/mol. The second-order valence-corrected chi connectivity index (χ2v) is 6.64. The van der Waals surface area contributed by atoms with Crippen molar-refractivity contribution in [2.75, 3.05) is 6.54 Å². The third-order valence-electron chi connectivity index (χ3n) is 3.76. The summed E-state index contributed by atoms with van der Waals surface area (Å²) in [7, 11) is 0. The Morgan fingerprint density at radius 2 is 2.06 bits per heavy atom. The van der Waals surface area contributed by atoms with E-state index in [4.69, 9.17) is 4.74 Å². The van der Waals surface area contributed by atoms with Gasteiger partial charge in [0.25, 0.3) is 0 Å². The molecule has 17 heavy (non-hydrogen) atoms. The zero-order valence-corrected chi connectivity index (χ0v) is 12.2. The molecule has 0 N–H and O–H groups in total. The van der Waals surface area contributed by atoms with E-state index >= 15 is 0 Å². The van der Waals surface area contributed by atoms with Gasteiger partial charge >= 0.3 is 6.09 Å². The fraction of sp³-hybridized carbons (Fsp3) is 0.929. The summed E-state index contributed by atoms with van der Waals surface area (Å²) in [6.45, 7) is 13.2. The molecular formula is C14H27NO2. The van der Waals surface area contributed by atoms with Crippen LogP contribution in [0.1, 0.15) is 60.8 Å². The molecule has 100 valence electrons. The molecule has 0 bridgehead atoms. The topological polar surface area (TPSA) is 29.5 Å². The fourth-order valence-corrected chi connectivity index (χ4v) is 2.45. The lowest BCUT2D eigenvalue weighted by Crippen LogP contribution is -2.49. The molecule has 3 nitrogen and oxygen atoms in total. The molecule has 1 aliphatic heterocycles. The molecule has 0 aromatic rings. The lowest BCUT2D eigenvalue weighted by Gasteiger charge is -2.43. The van der Waals surface area contributed by atoms with Crippen LogP contribution in [0.3, 0.4) is 0 Å². The quantitative estimate of drug-likeness (QED) is 0.698. The van der Waals surface area contributed by atoms with Gasteiger partial charge in [0.2, 0.25) is 0 Å². The molecule has 0 saturated carbocycles. The molecule has 1 heterocycles. The Morgan fingerprint density at radius 3 is 2.47 bits per heavy atom. The molecule has 1 aliphatic rings. The van der Waals surface area contributed by atoms with Gasteiger partial charge in [-0.2, -0.15) is 0 Å². The first-order chi connectivity index (χ1) is 7.67. The average molecular weight is 241 g/mol. The fourth-order valence-electron chi connectivity index (χ4n) is 2.45. The monoisotopic (exact) mass is 241 g/mol. The number of ether oxygens (including phenoxy) is 1. The van der Waals surface area contributed by atoms with E-state index in [-0.39, 0.29) is 12.1 Å². The van der Waals surface area contributed by atoms with Crippen LogP contribution >= 0.6 is 0 Å². The summed E-state index contributed by atoms with van der Waals surface area (Å²) in [5, 5.41) is 0. The maximum atomic E-state index is 12.0. The van der Waals surface area contributed by atoms with Crippen LogP contribution < -0.4 is 0 Å². The van der Waals surface area contributed by atoms with Crippen molar-refractivity contribution >= 4 is 6.09 Å². The first kappa shape index (κ1) is 14.3. The molecule has 0 aromatic heterocycles.